The first-order valence-corrected chi connectivity index (χ1v) is 6.13. The molecule has 6 heteroatoms. The van der Waals surface area contributed by atoms with Crippen LogP contribution in [0.4, 0.5) is 5.69 Å². The summed E-state index contributed by atoms with van der Waals surface area (Å²) in [4.78, 5) is 24.2. The molecule has 0 saturated carbocycles. The van der Waals surface area contributed by atoms with Crippen molar-refractivity contribution in [1.29, 1.82) is 0 Å². The van der Waals surface area contributed by atoms with Gasteiger partial charge in [0.15, 0.2) is 0 Å². The fraction of sp³-hybridized carbons (Fsp3) is 0.462. The fourth-order valence-electron chi connectivity index (χ4n) is 2.28. The normalized spacial score (nSPS) is 16.9. The van der Waals surface area contributed by atoms with Crippen LogP contribution < -0.4 is 0 Å². The Morgan fingerprint density at radius 1 is 1.53 bits per heavy atom. The molecule has 1 heterocycles. The van der Waals surface area contributed by atoms with Gasteiger partial charge in [-0.2, -0.15) is 0 Å². The molecule has 102 valence electrons. The first-order chi connectivity index (χ1) is 8.88. The molecule has 1 amide bonds. The number of nitro benzene ring substituents is 1. The number of hydrogen-bond acceptors (Lipinski definition) is 4. The highest BCUT2D eigenvalue weighted by Gasteiger charge is 2.43. The van der Waals surface area contributed by atoms with Crippen LogP contribution >= 0.6 is 0 Å². The zero-order chi connectivity index (χ0) is 14.2. The molecule has 0 atom stereocenters. The molecule has 1 aliphatic heterocycles. The average molecular weight is 264 g/mol. The Labute approximate surface area is 110 Å². The van der Waals surface area contributed by atoms with Gasteiger partial charge >= 0.3 is 0 Å². The molecule has 0 bridgehead atoms. The Morgan fingerprint density at radius 2 is 2.16 bits per heavy atom. The van der Waals surface area contributed by atoms with Crippen molar-refractivity contribution >= 4 is 11.6 Å². The van der Waals surface area contributed by atoms with Gasteiger partial charge in [-0.25, -0.2) is 0 Å². The highest BCUT2D eigenvalue weighted by molar-refractivity contribution is 5.99. The second-order valence-electron chi connectivity index (χ2n) is 4.97. The van der Waals surface area contributed by atoms with E-state index in [9.17, 15) is 20.0 Å². The predicted molar refractivity (Wildman–Crippen MR) is 69.0 cm³/mol. The molecule has 1 aliphatic rings. The number of carbonyl (C=O) groups excluding carboxylic acids is 1. The Hall–Kier alpha value is -1.95. The van der Waals surface area contributed by atoms with Crippen molar-refractivity contribution < 1.29 is 14.8 Å². The number of hydrogen-bond donors (Lipinski definition) is 1. The van der Waals surface area contributed by atoms with Crippen LogP contribution in [0.3, 0.4) is 0 Å². The molecule has 0 unspecified atom stereocenters. The number of β-amino-alcohol motifs (C(OH)–C–C–N with tert-alkyl or cyclic N) is 1. The quantitative estimate of drug-likeness (QED) is 0.662. The van der Waals surface area contributed by atoms with Gasteiger partial charge in [0.2, 0.25) is 0 Å². The number of rotatable bonds is 3. The van der Waals surface area contributed by atoms with Crippen LogP contribution in [0.2, 0.25) is 0 Å². The predicted octanol–water partition coefficient (Wildman–Crippen LogP) is 1.50. The summed E-state index contributed by atoms with van der Waals surface area (Å²) in [6.45, 7) is 3.91. The SMILES string of the molecule is CCC1(O)CN(C(=O)c2cccc(C)c2[N+](=O)[O-])C1. The zero-order valence-electron chi connectivity index (χ0n) is 10.9. The van der Waals surface area contributed by atoms with Crippen molar-refractivity contribution in [1.82, 2.24) is 4.90 Å². The topological polar surface area (TPSA) is 83.7 Å². The largest absolute Gasteiger partial charge is 0.386 e. The van der Waals surface area contributed by atoms with Gasteiger partial charge in [-0.3, -0.25) is 14.9 Å². The highest BCUT2D eigenvalue weighted by Crippen LogP contribution is 2.29. The van der Waals surface area contributed by atoms with E-state index < -0.39 is 16.4 Å². The van der Waals surface area contributed by atoms with Crippen molar-refractivity contribution in [3.05, 3.63) is 39.4 Å². The van der Waals surface area contributed by atoms with Crippen LogP contribution in [0.15, 0.2) is 18.2 Å². The van der Waals surface area contributed by atoms with Gasteiger partial charge in [0.05, 0.1) is 23.6 Å². The number of aliphatic hydroxyl groups is 1. The Balaban J connectivity index is 2.27. The molecule has 1 aromatic carbocycles. The number of nitro groups is 1. The lowest BCUT2D eigenvalue weighted by molar-refractivity contribution is -0.385. The standard InChI is InChI=1S/C13H16N2O4/c1-3-13(17)7-14(8-13)12(16)10-6-4-5-9(2)11(10)15(18)19/h4-6,17H,3,7-8H2,1-2H3. The lowest BCUT2D eigenvalue weighted by atomic mass is 9.90. The van der Waals surface area contributed by atoms with Crippen molar-refractivity contribution in [3.8, 4) is 0 Å². The molecular formula is C13H16N2O4. The van der Waals surface area contributed by atoms with Gasteiger partial charge in [0.1, 0.15) is 5.56 Å². The van der Waals surface area contributed by atoms with E-state index in [-0.39, 0.29) is 24.3 Å². The Morgan fingerprint density at radius 3 is 2.68 bits per heavy atom. The third-order valence-electron chi connectivity index (χ3n) is 3.57. The van der Waals surface area contributed by atoms with E-state index in [1.54, 1.807) is 19.1 Å². The van der Waals surface area contributed by atoms with Crippen LogP contribution in [0.25, 0.3) is 0 Å². The van der Waals surface area contributed by atoms with E-state index in [0.717, 1.165) is 0 Å². The first-order valence-electron chi connectivity index (χ1n) is 6.13. The van der Waals surface area contributed by atoms with Gasteiger partial charge in [-0.05, 0) is 19.4 Å². The van der Waals surface area contributed by atoms with Crippen LogP contribution in [-0.2, 0) is 0 Å². The molecule has 6 nitrogen and oxygen atoms in total. The summed E-state index contributed by atoms with van der Waals surface area (Å²) in [6, 6.07) is 4.69. The van der Waals surface area contributed by atoms with Crippen LogP contribution in [-0.4, -0.2) is 39.5 Å². The molecule has 1 fully saturated rings. The summed E-state index contributed by atoms with van der Waals surface area (Å²) in [6.07, 6.45) is 0.562. The maximum Gasteiger partial charge on any atom is 0.285 e. The van der Waals surface area contributed by atoms with Crippen molar-refractivity contribution in [3.63, 3.8) is 0 Å². The summed E-state index contributed by atoms with van der Waals surface area (Å²) < 4.78 is 0. The summed E-state index contributed by atoms with van der Waals surface area (Å²) in [5.41, 5.74) is -0.446. The van der Waals surface area contributed by atoms with Crippen LogP contribution in [0.1, 0.15) is 29.3 Å². The highest BCUT2D eigenvalue weighted by atomic mass is 16.6. The van der Waals surface area contributed by atoms with E-state index in [2.05, 4.69) is 0 Å². The molecule has 0 radical (unpaired) electrons. The van der Waals surface area contributed by atoms with Crippen molar-refractivity contribution in [2.24, 2.45) is 0 Å². The van der Waals surface area contributed by atoms with Gasteiger partial charge in [0.25, 0.3) is 11.6 Å². The van der Waals surface area contributed by atoms with Crippen molar-refractivity contribution in [2.75, 3.05) is 13.1 Å². The fourth-order valence-corrected chi connectivity index (χ4v) is 2.28. The summed E-state index contributed by atoms with van der Waals surface area (Å²) in [7, 11) is 0. The molecule has 0 aromatic heterocycles. The summed E-state index contributed by atoms with van der Waals surface area (Å²) >= 11 is 0. The first kappa shape index (κ1) is 13.5. The monoisotopic (exact) mass is 264 g/mol. The molecule has 0 aliphatic carbocycles. The summed E-state index contributed by atoms with van der Waals surface area (Å²) in [5.74, 6) is -0.395. The van der Waals surface area contributed by atoms with Gasteiger partial charge in [-0.15, -0.1) is 0 Å². The van der Waals surface area contributed by atoms with E-state index in [1.165, 1.54) is 11.0 Å². The third kappa shape index (κ3) is 2.31. The molecular weight excluding hydrogens is 248 g/mol. The summed E-state index contributed by atoms with van der Waals surface area (Å²) in [5, 5.41) is 20.9. The lowest BCUT2D eigenvalue weighted by Crippen LogP contribution is -2.63. The second kappa shape index (κ2) is 4.62. The number of carbonyl (C=O) groups is 1. The van der Waals surface area contributed by atoms with Gasteiger partial charge in [0, 0.05) is 5.56 Å². The number of benzene rings is 1. The molecule has 2 rings (SSSR count). The maximum absolute atomic E-state index is 12.2. The minimum atomic E-state index is -0.839. The van der Waals surface area contributed by atoms with E-state index >= 15 is 0 Å². The van der Waals surface area contributed by atoms with Crippen LogP contribution in [0, 0.1) is 17.0 Å². The van der Waals surface area contributed by atoms with Gasteiger partial charge in [-0.1, -0.05) is 19.1 Å². The molecule has 1 aromatic rings. The zero-order valence-corrected chi connectivity index (χ0v) is 10.9. The van der Waals surface area contributed by atoms with Crippen molar-refractivity contribution in [2.45, 2.75) is 25.9 Å². The molecule has 1 N–H and O–H groups in total. The number of amides is 1. The lowest BCUT2D eigenvalue weighted by Gasteiger charge is -2.46. The number of likely N-dealkylation sites (tertiary alicyclic amines) is 1. The molecule has 0 spiro atoms. The van der Waals surface area contributed by atoms with E-state index in [4.69, 9.17) is 0 Å². The minimum absolute atomic E-state index is 0.0863. The van der Waals surface area contributed by atoms with E-state index in [0.29, 0.717) is 12.0 Å². The third-order valence-corrected chi connectivity index (χ3v) is 3.57. The average Bonchev–Trinajstić information content (AvgIpc) is 2.33. The molecule has 1 saturated heterocycles. The van der Waals surface area contributed by atoms with Crippen LogP contribution in [0.5, 0.6) is 0 Å². The second-order valence-corrected chi connectivity index (χ2v) is 4.97. The van der Waals surface area contributed by atoms with E-state index in [1.807, 2.05) is 6.92 Å². The Kier molecular flexibility index (Phi) is 3.28. The van der Waals surface area contributed by atoms with Gasteiger partial charge < -0.3 is 10.0 Å². The number of nitrogens with zero attached hydrogens (tertiary/aromatic N) is 2. The Bertz CT molecular complexity index is 535. The number of para-hydroxylation sites is 1. The number of aryl methyl sites for hydroxylation is 1. The smallest absolute Gasteiger partial charge is 0.285 e. The minimum Gasteiger partial charge on any atom is -0.386 e. The maximum atomic E-state index is 12.2. The molecule has 19 heavy (non-hydrogen) atoms.